The number of H-pyrrole nitrogens is 1. The van der Waals surface area contributed by atoms with Gasteiger partial charge in [-0.1, -0.05) is 0 Å². The average Bonchev–Trinajstić information content (AvgIpc) is 3.45. The quantitative estimate of drug-likeness (QED) is 0.518. The molecule has 2 aliphatic heterocycles. The number of nitrogens with zero attached hydrogens (tertiary/aromatic N) is 1. The summed E-state index contributed by atoms with van der Waals surface area (Å²) in [5.74, 6) is 1.49. The third-order valence-electron chi connectivity index (χ3n) is 6.24. The van der Waals surface area contributed by atoms with E-state index in [1.807, 2.05) is 23.1 Å². The van der Waals surface area contributed by atoms with Gasteiger partial charge in [0.05, 0.1) is 26.8 Å². The van der Waals surface area contributed by atoms with Crippen LogP contribution in [0.3, 0.4) is 0 Å². The fourth-order valence-corrected chi connectivity index (χ4v) is 4.93. The molecule has 2 unspecified atom stereocenters. The van der Waals surface area contributed by atoms with Gasteiger partial charge in [0.2, 0.25) is 5.75 Å². The number of anilines is 2. The van der Waals surface area contributed by atoms with Crippen LogP contribution in [0.15, 0.2) is 24.3 Å². The Kier molecular flexibility index (Phi) is 6.16. The predicted molar refractivity (Wildman–Crippen MR) is 121 cm³/mol. The van der Waals surface area contributed by atoms with Crippen molar-refractivity contribution in [1.82, 2.24) is 4.98 Å². The van der Waals surface area contributed by atoms with E-state index in [4.69, 9.17) is 14.2 Å². The van der Waals surface area contributed by atoms with Gasteiger partial charge in [-0.2, -0.15) is 0 Å². The van der Waals surface area contributed by atoms with Crippen LogP contribution >= 0.6 is 0 Å². The molecule has 8 heteroatoms. The van der Waals surface area contributed by atoms with Crippen molar-refractivity contribution in [1.29, 1.82) is 0 Å². The maximum Gasteiger partial charge on any atom is 0.274 e. The number of benzene rings is 2. The minimum absolute atomic E-state index is 0. The monoisotopic (exact) mass is 509 g/mol. The van der Waals surface area contributed by atoms with Gasteiger partial charge in [-0.15, -0.1) is 5.92 Å². The van der Waals surface area contributed by atoms with Crippen molar-refractivity contribution in [2.24, 2.45) is 0 Å². The van der Waals surface area contributed by atoms with Crippen molar-refractivity contribution >= 4 is 28.2 Å². The van der Waals surface area contributed by atoms with E-state index in [1.165, 1.54) is 11.1 Å². The van der Waals surface area contributed by atoms with Crippen LogP contribution in [0, 0.1) is 6.92 Å². The number of hydrogen-bond acceptors (Lipinski definition) is 5. The zero-order valence-electron chi connectivity index (χ0n) is 18.7. The second-order valence-corrected chi connectivity index (χ2v) is 8.18. The van der Waals surface area contributed by atoms with E-state index in [1.54, 1.807) is 21.3 Å². The number of carbonyl (C=O) groups is 1. The SMILES string of the molecule is [CH2-]C1CN(C(=O)c2cc3cc(OC)c(OC)c(OC)c3[nH]2)c2ccc3c(c21)CC(C)N3.[Y]. The van der Waals surface area contributed by atoms with Crippen LogP contribution in [0.2, 0.25) is 0 Å². The second-order valence-electron chi connectivity index (χ2n) is 8.18. The van der Waals surface area contributed by atoms with Gasteiger partial charge >= 0.3 is 0 Å². The van der Waals surface area contributed by atoms with Gasteiger partial charge in [-0.3, -0.25) is 4.79 Å². The van der Waals surface area contributed by atoms with Gasteiger partial charge in [0.1, 0.15) is 5.69 Å². The summed E-state index contributed by atoms with van der Waals surface area (Å²) in [5.41, 5.74) is 5.74. The van der Waals surface area contributed by atoms with E-state index in [9.17, 15) is 4.79 Å². The zero-order valence-corrected chi connectivity index (χ0v) is 21.6. The van der Waals surface area contributed by atoms with Gasteiger partial charge in [0.15, 0.2) is 11.5 Å². The van der Waals surface area contributed by atoms with Crippen LogP contribution < -0.4 is 24.4 Å². The van der Waals surface area contributed by atoms with Crippen LogP contribution in [0.4, 0.5) is 11.4 Å². The fraction of sp³-hybridized carbons (Fsp3) is 0.333. The molecule has 2 atom stereocenters. The molecule has 3 heterocycles. The first-order valence-corrected chi connectivity index (χ1v) is 10.4. The molecule has 0 saturated heterocycles. The van der Waals surface area contributed by atoms with Crippen molar-refractivity contribution < 1.29 is 51.7 Å². The summed E-state index contributed by atoms with van der Waals surface area (Å²) in [5, 5.41) is 4.32. The molecular formula is C24H26N3O4Y-. The third-order valence-corrected chi connectivity index (χ3v) is 6.24. The van der Waals surface area contributed by atoms with Crippen molar-refractivity contribution in [3.05, 3.63) is 48.0 Å². The summed E-state index contributed by atoms with van der Waals surface area (Å²) in [7, 11) is 4.70. The third kappa shape index (κ3) is 3.37. The van der Waals surface area contributed by atoms with Gasteiger partial charge in [0.25, 0.3) is 5.91 Å². The maximum atomic E-state index is 13.5. The molecule has 0 fully saturated rings. The van der Waals surface area contributed by atoms with Gasteiger partial charge in [0, 0.05) is 62.1 Å². The van der Waals surface area contributed by atoms with Crippen LogP contribution in [-0.2, 0) is 39.1 Å². The Labute approximate surface area is 212 Å². The van der Waals surface area contributed by atoms with E-state index in [0.717, 1.165) is 23.2 Å². The Bertz CT molecular complexity index is 1210. The molecule has 1 aromatic heterocycles. The number of aromatic amines is 1. The van der Waals surface area contributed by atoms with Gasteiger partial charge in [-0.25, -0.2) is 0 Å². The zero-order chi connectivity index (χ0) is 21.9. The maximum absolute atomic E-state index is 13.5. The summed E-state index contributed by atoms with van der Waals surface area (Å²) < 4.78 is 16.5. The summed E-state index contributed by atoms with van der Waals surface area (Å²) in [6.07, 6.45) is 0.954. The van der Waals surface area contributed by atoms with Crippen LogP contribution in [-0.4, -0.2) is 44.8 Å². The molecule has 1 amide bonds. The van der Waals surface area contributed by atoms with Gasteiger partial charge in [-0.05, 0) is 48.7 Å². The Hall–Kier alpha value is -2.25. The van der Waals surface area contributed by atoms with Gasteiger partial charge < -0.3 is 36.3 Å². The number of fused-ring (bicyclic) bond motifs is 4. The number of aromatic nitrogens is 1. The molecule has 1 radical (unpaired) electrons. The Morgan fingerprint density at radius 1 is 1.12 bits per heavy atom. The minimum atomic E-state index is -0.0949. The molecule has 165 valence electrons. The molecule has 0 bridgehead atoms. The Morgan fingerprint density at radius 2 is 1.88 bits per heavy atom. The first-order valence-electron chi connectivity index (χ1n) is 10.4. The number of carbonyl (C=O) groups excluding carboxylic acids is 1. The normalized spacial score (nSPS) is 18.6. The number of rotatable bonds is 4. The van der Waals surface area contributed by atoms with Crippen molar-refractivity contribution in [3.8, 4) is 17.2 Å². The predicted octanol–water partition coefficient (Wildman–Crippen LogP) is 4.13. The van der Waals surface area contributed by atoms with Crippen LogP contribution in [0.1, 0.15) is 34.5 Å². The van der Waals surface area contributed by atoms with E-state index >= 15 is 0 Å². The Morgan fingerprint density at radius 3 is 2.56 bits per heavy atom. The number of amides is 1. The fourth-order valence-electron chi connectivity index (χ4n) is 4.93. The molecule has 7 nitrogen and oxygen atoms in total. The standard InChI is InChI=1S/C24H26N3O4.Y/c1-12-11-27(18-7-6-16-15(20(12)18)8-13(2)25-16)24(28)17-9-14-10-19(29-3)22(30-4)23(31-5)21(14)26-17;/h6-7,9-10,12-13,25-26H,1,8,11H2,2-5H3;/q-1;. The van der Waals surface area contributed by atoms with Crippen LogP contribution in [0.5, 0.6) is 17.2 Å². The molecule has 0 saturated carbocycles. The summed E-state index contributed by atoms with van der Waals surface area (Å²) >= 11 is 0. The molecular weight excluding hydrogens is 483 g/mol. The number of methoxy groups -OCH3 is 3. The topological polar surface area (TPSA) is 75.8 Å². The smallest absolute Gasteiger partial charge is 0.274 e. The summed E-state index contributed by atoms with van der Waals surface area (Å²) in [6, 6.07) is 8.16. The molecule has 0 spiro atoms. The molecule has 5 rings (SSSR count). The molecule has 3 aromatic rings. The molecule has 2 N–H and O–H groups in total. The molecule has 0 aliphatic carbocycles. The molecule has 32 heavy (non-hydrogen) atoms. The number of hydrogen-bond donors (Lipinski definition) is 2. The first-order chi connectivity index (χ1) is 15.0. The number of ether oxygens (including phenoxy) is 3. The first kappa shape index (κ1) is 22.9. The summed E-state index contributed by atoms with van der Waals surface area (Å²) in [6.45, 7) is 7.06. The average molecular weight is 509 g/mol. The summed E-state index contributed by atoms with van der Waals surface area (Å²) in [4.78, 5) is 18.6. The number of nitrogens with one attached hydrogen (secondary N) is 2. The minimum Gasteiger partial charge on any atom is -0.493 e. The van der Waals surface area contributed by atoms with E-state index in [0.29, 0.717) is 41.0 Å². The van der Waals surface area contributed by atoms with Crippen molar-refractivity contribution in [3.63, 3.8) is 0 Å². The van der Waals surface area contributed by atoms with E-state index < -0.39 is 0 Å². The second kappa shape index (κ2) is 8.60. The van der Waals surface area contributed by atoms with Crippen molar-refractivity contribution in [2.45, 2.75) is 25.3 Å². The molecule has 2 aliphatic rings. The Balaban J connectivity index is 0.00000245. The van der Waals surface area contributed by atoms with Crippen molar-refractivity contribution in [2.75, 3.05) is 38.1 Å². The molecule has 2 aromatic carbocycles. The van der Waals surface area contributed by atoms with E-state index in [-0.39, 0.29) is 44.5 Å². The van der Waals surface area contributed by atoms with E-state index in [2.05, 4.69) is 30.2 Å². The van der Waals surface area contributed by atoms with Crippen LogP contribution in [0.25, 0.3) is 10.9 Å². The largest absolute Gasteiger partial charge is 0.493 e.